The Labute approximate surface area is 215 Å². The van der Waals surface area contributed by atoms with Gasteiger partial charge in [0.2, 0.25) is 0 Å². The second-order valence-electron chi connectivity index (χ2n) is 14.4. The average molecular weight is 503 g/mol. The zero-order valence-corrected chi connectivity index (χ0v) is 22.7. The van der Waals surface area contributed by atoms with Gasteiger partial charge in [-0.1, -0.05) is 41.2 Å². The van der Waals surface area contributed by atoms with Crippen molar-refractivity contribution < 1.29 is 30.0 Å². The molecule has 5 aliphatic carbocycles. The maximum Gasteiger partial charge on any atom is 0.310 e. The molecule has 11 atom stereocenters. The van der Waals surface area contributed by atoms with Crippen LogP contribution < -0.4 is 0 Å². The lowest BCUT2D eigenvalue weighted by Gasteiger charge is -2.74. The summed E-state index contributed by atoms with van der Waals surface area (Å²) in [7, 11) is 0. The molecule has 0 aliphatic heterocycles. The monoisotopic (exact) mass is 502 g/mol. The lowest BCUT2D eigenvalue weighted by atomic mass is 9.31. The zero-order valence-electron chi connectivity index (χ0n) is 22.7. The van der Waals surface area contributed by atoms with E-state index in [1.54, 1.807) is 0 Å². The lowest BCUT2D eigenvalue weighted by molar-refractivity contribution is -0.297. The van der Waals surface area contributed by atoms with E-state index in [-0.39, 0.29) is 53.8 Å². The van der Waals surface area contributed by atoms with E-state index in [0.29, 0.717) is 31.3 Å². The number of Topliss-reactive ketones (excluding diaryl/α,β-unsaturated/α-hetero) is 1. The summed E-state index contributed by atoms with van der Waals surface area (Å²) in [6.07, 6.45) is 3.29. The van der Waals surface area contributed by atoms with Gasteiger partial charge in [0.15, 0.2) is 0 Å². The van der Waals surface area contributed by atoms with E-state index in [4.69, 9.17) is 0 Å². The van der Waals surface area contributed by atoms with Gasteiger partial charge >= 0.3 is 5.97 Å². The molecule has 0 amide bonds. The first-order chi connectivity index (χ1) is 16.6. The van der Waals surface area contributed by atoms with E-state index in [1.807, 2.05) is 13.8 Å². The van der Waals surface area contributed by atoms with Gasteiger partial charge in [-0.05, 0) is 85.5 Å². The lowest BCUT2D eigenvalue weighted by Crippen LogP contribution is -2.73. The van der Waals surface area contributed by atoms with Crippen LogP contribution in [-0.4, -0.2) is 51.0 Å². The first-order valence-corrected chi connectivity index (χ1v) is 14.1. The van der Waals surface area contributed by atoms with Crippen LogP contribution in [0.15, 0.2) is 12.2 Å². The maximum absolute atomic E-state index is 12.9. The van der Waals surface area contributed by atoms with E-state index in [1.165, 1.54) is 0 Å². The van der Waals surface area contributed by atoms with Crippen LogP contribution in [0.25, 0.3) is 0 Å². The molecule has 6 nitrogen and oxygen atoms in total. The summed E-state index contributed by atoms with van der Waals surface area (Å²) in [4.78, 5) is 25.8. The molecular weight excluding hydrogens is 456 g/mol. The van der Waals surface area contributed by atoms with Gasteiger partial charge in [0.05, 0.1) is 24.2 Å². The molecule has 5 saturated carbocycles. The second-order valence-corrected chi connectivity index (χ2v) is 14.4. The minimum atomic E-state index is -1.03. The van der Waals surface area contributed by atoms with Gasteiger partial charge in [-0.25, -0.2) is 0 Å². The fraction of sp³-hybridized carbons (Fsp3) is 0.867. The van der Waals surface area contributed by atoms with Gasteiger partial charge in [0.25, 0.3) is 0 Å². The summed E-state index contributed by atoms with van der Waals surface area (Å²) in [5, 5.41) is 44.4. The fourth-order valence-electron chi connectivity index (χ4n) is 11.3. The van der Waals surface area contributed by atoms with Crippen LogP contribution in [0.3, 0.4) is 0 Å². The molecule has 202 valence electrons. The molecule has 0 spiro atoms. The van der Waals surface area contributed by atoms with Crippen LogP contribution in [0.4, 0.5) is 0 Å². The highest BCUT2D eigenvalue weighted by Gasteiger charge is 2.76. The Morgan fingerprint density at radius 3 is 2.25 bits per heavy atom. The molecule has 0 radical (unpaired) electrons. The van der Waals surface area contributed by atoms with Gasteiger partial charge in [0, 0.05) is 22.7 Å². The van der Waals surface area contributed by atoms with E-state index in [0.717, 1.165) is 19.3 Å². The quantitative estimate of drug-likeness (QED) is 0.430. The highest BCUT2D eigenvalue weighted by Crippen LogP contribution is 2.77. The molecule has 0 aromatic heterocycles. The van der Waals surface area contributed by atoms with Crippen molar-refractivity contribution in [1.82, 2.24) is 0 Å². The third-order valence-corrected chi connectivity index (χ3v) is 13.5. The van der Waals surface area contributed by atoms with Crippen molar-refractivity contribution in [2.75, 3.05) is 6.61 Å². The smallest absolute Gasteiger partial charge is 0.310 e. The number of ketones is 1. The summed E-state index contributed by atoms with van der Waals surface area (Å²) in [6, 6.07) is 0. The summed E-state index contributed by atoms with van der Waals surface area (Å²) < 4.78 is 0. The Morgan fingerprint density at radius 2 is 1.64 bits per heavy atom. The van der Waals surface area contributed by atoms with Gasteiger partial charge < -0.3 is 20.4 Å². The van der Waals surface area contributed by atoms with Crippen LogP contribution in [0.1, 0.15) is 86.0 Å². The minimum absolute atomic E-state index is 0.0757. The summed E-state index contributed by atoms with van der Waals surface area (Å²) in [5.41, 5.74) is -2.26. The molecule has 4 N–H and O–H groups in total. The van der Waals surface area contributed by atoms with Gasteiger partial charge in [0.1, 0.15) is 5.78 Å². The molecule has 36 heavy (non-hydrogen) atoms. The van der Waals surface area contributed by atoms with Crippen molar-refractivity contribution in [2.24, 2.45) is 56.7 Å². The van der Waals surface area contributed by atoms with Crippen LogP contribution >= 0.6 is 0 Å². The standard InChI is InChI=1S/C30H46O6/c1-16(15-31)17-9-12-30(25(35)36)14-23(34)28(5)18(24(17)30)7-8-19-27(4)11-10-21(32)26(2,3)20(27)13-22(33)29(19,28)6/h17-20,22-24,31,33-34H,1,7-15H2,2-6H3,(H,35,36)/t17-,18+,19+,20-,22-,23-,24+,27+,28-,29-,30-/m0/s1. The first-order valence-electron chi connectivity index (χ1n) is 14.1. The molecule has 5 fully saturated rings. The topological polar surface area (TPSA) is 115 Å². The minimum Gasteiger partial charge on any atom is -0.481 e. The van der Waals surface area contributed by atoms with Crippen molar-refractivity contribution in [3.63, 3.8) is 0 Å². The number of aliphatic carboxylic acids is 1. The predicted octanol–water partition coefficient (Wildman–Crippen LogP) is 4.21. The Balaban J connectivity index is 1.64. The Bertz CT molecular complexity index is 988. The molecule has 6 heteroatoms. The van der Waals surface area contributed by atoms with Crippen molar-refractivity contribution in [1.29, 1.82) is 0 Å². The van der Waals surface area contributed by atoms with Gasteiger partial charge in [-0.2, -0.15) is 0 Å². The summed E-state index contributed by atoms with van der Waals surface area (Å²) in [5.74, 6) is -0.783. The Kier molecular flexibility index (Phi) is 5.78. The Morgan fingerprint density at radius 1 is 0.972 bits per heavy atom. The molecule has 0 saturated heterocycles. The number of carbonyl (C=O) groups is 2. The third-order valence-electron chi connectivity index (χ3n) is 13.5. The van der Waals surface area contributed by atoms with E-state index in [2.05, 4.69) is 27.4 Å². The normalized spacial score (nSPS) is 53.6. The first kappa shape index (κ1) is 26.4. The molecule has 5 rings (SSSR count). The van der Waals surface area contributed by atoms with Gasteiger partial charge in [-0.3, -0.25) is 9.59 Å². The molecule has 0 aromatic carbocycles. The molecule has 0 heterocycles. The molecular formula is C30H46O6. The number of carboxylic acids is 1. The highest BCUT2D eigenvalue weighted by molar-refractivity contribution is 5.85. The average Bonchev–Trinajstić information content (AvgIpc) is 3.20. The number of hydrogen-bond donors (Lipinski definition) is 4. The van der Waals surface area contributed by atoms with E-state index < -0.39 is 39.8 Å². The molecule has 0 unspecified atom stereocenters. The number of rotatable bonds is 3. The van der Waals surface area contributed by atoms with Crippen LogP contribution in [0.2, 0.25) is 0 Å². The van der Waals surface area contributed by atoms with Crippen molar-refractivity contribution in [2.45, 2.75) is 98.2 Å². The Hall–Kier alpha value is -1.24. The van der Waals surface area contributed by atoms with E-state index >= 15 is 0 Å². The second kappa shape index (κ2) is 7.89. The van der Waals surface area contributed by atoms with Crippen LogP contribution in [0.5, 0.6) is 0 Å². The number of carboxylic acid groups (broad SMARTS) is 1. The third kappa shape index (κ3) is 2.85. The van der Waals surface area contributed by atoms with Crippen LogP contribution in [0, 0.1) is 56.7 Å². The number of aliphatic hydroxyl groups excluding tert-OH is 3. The van der Waals surface area contributed by atoms with Crippen molar-refractivity contribution >= 4 is 11.8 Å². The fourth-order valence-corrected chi connectivity index (χ4v) is 11.3. The largest absolute Gasteiger partial charge is 0.481 e. The SMILES string of the molecule is C=C(CO)[C@@H]1CC[C@]2(C(=O)O)C[C@H](O)[C@]3(C)[C@H](CC[C@@H]4[C@@]5(C)CCC(=O)C(C)(C)[C@@H]5C[C@H](O)[C@]43C)[C@@H]12. The number of aliphatic hydroxyl groups is 3. The van der Waals surface area contributed by atoms with E-state index in [9.17, 15) is 30.0 Å². The van der Waals surface area contributed by atoms with Crippen molar-refractivity contribution in [3.8, 4) is 0 Å². The number of fused-ring (bicyclic) bond motifs is 7. The molecule has 0 bridgehead atoms. The van der Waals surface area contributed by atoms with Gasteiger partial charge in [-0.15, -0.1) is 0 Å². The van der Waals surface area contributed by atoms with Crippen LogP contribution in [-0.2, 0) is 9.59 Å². The predicted molar refractivity (Wildman–Crippen MR) is 136 cm³/mol. The highest BCUT2D eigenvalue weighted by atomic mass is 16.4. The number of hydrogen-bond acceptors (Lipinski definition) is 5. The zero-order chi connectivity index (χ0) is 26.6. The molecule has 5 aliphatic rings. The maximum atomic E-state index is 12.9. The summed E-state index contributed by atoms with van der Waals surface area (Å²) >= 11 is 0. The molecule has 0 aromatic rings. The summed E-state index contributed by atoms with van der Waals surface area (Å²) in [6.45, 7) is 14.6. The van der Waals surface area contributed by atoms with Crippen molar-refractivity contribution in [3.05, 3.63) is 12.2 Å². The number of carbonyl (C=O) groups excluding carboxylic acids is 1.